The van der Waals surface area contributed by atoms with Crippen LogP contribution in [0.1, 0.15) is 0 Å². The number of rotatable bonds is 0. The Hall–Kier alpha value is 0.189. The molecule has 0 aliphatic carbocycles. The Morgan fingerprint density at radius 2 is 1.50 bits per heavy atom. The van der Waals surface area contributed by atoms with Gasteiger partial charge >= 0.3 is 0 Å². The van der Waals surface area contributed by atoms with Gasteiger partial charge in [0.15, 0.2) is 0 Å². The van der Waals surface area contributed by atoms with Gasteiger partial charge in [-0.3, -0.25) is 0 Å². The van der Waals surface area contributed by atoms with E-state index in [9.17, 15) is 0 Å². The molecular weight excluding hydrogens is 200 g/mol. The van der Waals surface area contributed by atoms with Crippen molar-refractivity contribution in [3.05, 3.63) is 31.7 Å². The molecule has 1 aromatic carbocycles. The van der Waals surface area contributed by atoms with Crippen LogP contribution in [0.4, 0.5) is 0 Å². The van der Waals surface area contributed by atoms with Gasteiger partial charge in [-0.15, -0.1) is 0 Å². The van der Waals surface area contributed by atoms with E-state index in [2.05, 4.69) is 0 Å². The molecular formula is C7H8BOY-. The van der Waals surface area contributed by atoms with Crippen LogP contribution in [-0.4, -0.2) is 13.0 Å². The van der Waals surface area contributed by atoms with Gasteiger partial charge in [-0.1, -0.05) is 17.6 Å². The summed E-state index contributed by atoms with van der Waals surface area (Å²) in [5.74, 6) is 0.249. The fourth-order valence-electron chi connectivity index (χ4n) is 0.474. The van der Waals surface area contributed by atoms with E-state index < -0.39 is 0 Å². The van der Waals surface area contributed by atoms with Gasteiger partial charge in [-0.25, -0.2) is 0 Å². The zero-order chi connectivity index (χ0) is 5.98. The van der Waals surface area contributed by atoms with Gasteiger partial charge < -0.3 is 12.5 Å². The maximum absolute atomic E-state index is 8.70. The second-order valence-corrected chi connectivity index (χ2v) is 1.59. The summed E-state index contributed by atoms with van der Waals surface area (Å²) in [5, 5.41) is 8.70. The third-order valence-corrected chi connectivity index (χ3v) is 0.893. The van der Waals surface area contributed by atoms with Crippen molar-refractivity contribution in [3.8, 4) is 5.75 Å². The minimum absolute atomic E-state index is 0. The van der Waals surface area contributed by atoms with Crippen molar-refractivity contribution >= 4 is 13.3 Å². The summed E-state index contributed by atoms with van der Waals surface area (Å²) in [7, 11) is 5.32. The molecule has 0 aliphatic heterocycles. The SMILES string of the molecule is [B]c1ccc(O)cc1.[CH3-].[Y]. The molecule has 0 spiro atoms. The Kier molecular flexibility index (Phi) is 7.61. The summed E-state index contributed by atoms with van der Waals surface area (Å²) in [4.78, 5) is 0. The fraction of sp³-hybridized carbons (Fsp3) is 0. The molecule has 0 unspecified atom stereocenters. The molecule has 1 aromatic rings. The third kappa shape index (κ3) is 4.08. The van der Waals surface area contributed by atoms with Crippen LogP contribution in [0.3, 0.4) is 0 Å². The van der Waals surface area contributed by atoms with Gasteiger partial charge in [0.25, 0.3) is 0 Å². The van der Waals surface area contributed by atoms with Crippen LogP contribution in [0, 0.1) is 7.43 Å². The van der Waals surface area contributed by atoms with Crippen LogP contribution in [-0.2, 0) is 32.7 Å². The van der Waals surface area contributed by atoms with Crippen molar-refractivity contribution in [1.29, 1.82) is 0 Å². The summed E-state index contributed by atoms with van der Waals surface area (Å²) < 4.78 is 0. The molecule has 1 N–H and O–H groups in total. The van der Waals surface area contributed by atoms with E-state index in [1.54, 1.807) is 24.3 Å². The molecule has 0 amide bonds. The maximum Gasteiger partial charge on any atom is 0.115 e. The van der Waals surface area contributed by atoms with Crippen LogP contribution in [0.5, 0.6) is 5.75 Å². The summed E-state index contributed by atoms with van der Waals surface area (Å²) in [5.41, 5.74) is 0.669. The third-order valence-electron chi connectivity index (χ3n) is 0.893. The standard InChI is InChI=1S/C6H5BO.CH3.Y/c7-5-1-3-6(8)4-2-5;;/h1-4,8H;1H3;/q;-1;. The molecule has 0 atom stereocenters. The van der Waals surface area contributed by atoms with Gasteiger partial charge in [0, 0.05) is 32.7 Å². The normalized spacial score (nSPS) is 7.20. The van der Waals surface area contributed by atoms with E-state index in [-0.39, 0.29) is 45.9 Å². The summed E-state index contributed by atoms with van der Waals surface area (Å²) in [6.45, 7) is 0. The largest absolute Gasteiger partial charge is 0.508 e. The molecule has 10 heavy (non-hydrogen) atoms. The van der Waals surface area contributed by atoms with Crippen LogP contribution >= 0.6 is 0 Å². The Labute approximate surface area is 88.1 Å². The molecule has 1 rings (SSSR count). The number of hydrogen-bond donors (Lipinski definition) is 1. The van der Waals surface area contributed by atoms with Crippen molar-refractivity contribution in [2.24, 2.45) is 0 Å². The Bertz CT molecular complexity index is 152. The fourth-order valence-corrected chi connectivity index (χ4v) is 0.474. The molecule has 3 heteroatoms. The van der Waals surface area contributed by atoms with Gasteiger partial charge in [0.05, 0.1) is 0 Å². The predicted molar refractivity (Wildman–Crippen MR) is 39.9 cm³/mol. The second kappa shape index (κ2) is 5.94. The van der Waals surface area contributed by atoms with Crippen molar-refractivity contribution in [1.82, 2.24) is 0 Å². The van der Waals surface area contributed by atoms with Crippen LogP contribution in [0.15, 0.2) is 24.3 Å². The van der Waals surface area contributed by atoms with E-state index in [4.69, 9.17) is 13.0 Å². The summed E-state index contributed by atoms with van der Waals surface area (Å²) in [6.07, 6.45) is 0. The first kappa shape index (κ1) is 12.8. The zero-order valence-corrected chi connectivity index (χ0v) is 8.75. The van der Waals surface area contributed by atoms with E-state index in [0.29, 0.717) is 5.46 Å². The van der Waals surface area contributed by atoms with Crippen LogP contribution < -0.4 is 5.46 Å². The molecule has 3 radical (unpaired) electrons. The van der Waals surface area contributed by atoms with Crippen LogP contribution in [0.2, 0.25) is 0 Å². The quantitative estimate of drug-likeness (QED) is 0.489. The van der Waals surface area contributed by atoms with E-state index >= 15 is 0 Å². The molecule has 0 aliphatic rings. The Balaban J connectivity index is 0. The van der Waals surface area contributed by atoms with Gasteiger partial charge in [0.1, 0.15) is 13.6 Å². The number of benzene rings is 1. The minimum Gasteiger partial charge on any atom is -0.508 e. The molecule has 0 saturated carbocycles. The molecule has 0 aromatic heterocycles. The first-order valence-corrected chi connectivity index (χ1v) is 2.33. The van der Waals surface area contributed by atoms with Crippen molar-refractivity contribution in [2.45, 2.75) is 0 Å². The molecule has 0 saturated heterocycles. The molecule has 49 valence electrons. The first-order valence-electron chi connectivity index (χ1n) is 2.33. The van der Waals surface area contributed by atoms with Gasteiger partial charge in [0.2, 0.25) is 0 Å². The average molecular weight is 208 g/mol. The average Bonchev–Trinajstić information content (AvgIpc) is 1.77. The van der Waals surface area contributed by atoms with E-state index in [0.717, 1.165) is 0 Å². The van der Waals surface area contributed by atoms with E-state index in [1.165, 1.54) is 0 Å². The first-order chi connectivity index (χ1) is 3.79. The zero-order valence-electron chi connectivity index (χ0n) is 5.91. The number of phenols is 1. The van der Waals surface area contributed by atoms with Gasteiger partial charge in [-0.05, 0) is 12.1 Å². The molecule has 0 fully saturated rings. The number of aromatic hydroxyl groups is 1. The Morgan fingerprint density at radius 3 is 1.80 bits per heavy atom. The minimum atomic E-state index is 0. The summed E-state index contributed by atoms with van der Waals surface area (Å²) in [6, 6.07) is 6.40. The second-order valence-electron chi connectivity index (χ2n) is 1.59. The van der Waals surface area contributed by atoms with Crippen LogP contribution in [0.25, 0.3) is 0 Å². The van der Waals surface area contributed by atoms with Crippen molar-refractivity contribution in [3.63, 3.8) is 0 Å². The van der Waals surface area contributed by atoms with Crippen molar-refractivity contribution in [2.75, 3.05) is 0 Å². The monoisotopic (exact) mass is 208 g/mol. The Morgan fingerprint density at radius 1 is 1.10 bits per heavy atom. The topological polar surface area (TPSA) is 20.2 Å². The molecule has 0 bridgehead atoms. The van der Waals surface area contributed by atoms with E-state index in [1.807, 2.05) is 0 Å². The number of hydrogen-bond acceptors (Lipinski definition) is 1. The van der Waals surface area contributed by atoms with Gasteiger partial charge in [-0.2, -0.15) is 0 Å². The maximum atomic E-state index is 8.70. The molecule has 0 heterocycles. The predicted octanol–water partition coefficient (Wildman–Crippen LogP) is 0.634. The molecule has 1 nitrogen and oxygen atoms in total. The smallest absolute Gasteiger partial charge is 0.115 e. The number of phenolic OH excluding ortho intramolecular Hbond substituents is 1. The van der Waals surface area contributed by atoms with Crippen molar-refractivity contribution < 1.29 is 37.8 Å². The summed E-state index contributed by atoms with van der Waals surface area (Å²) >= 11 is 0.